The highest BCUT2D eigenvalue weighted by Crippen LogP contribution is 2.34. The zero-order valence-corrected chi connectivity index (χ0v) is 20.2. The Balaban J connectivity index is 0.00000261. The average molecular weight is 512 g/mol. The van der Waals surface area contributed by atoms with E-state index in [1.54, 1.807) is 0 Å². The van der Waals surface area contributed by atoms with E-state index in [2.05, 4.69) is 46.0 Å². The molecule has 6 nitrogen and oxygen atoms in total. The third kappa shape index (κ3) is 6.35. The Morgan fingerprint density at radius 1 is 1.22 bits per heavy atom. The molecule has 0 aliphatic carbocycles. The Kier molecular flexibility index (Phi) is 10.5. The normalized spacial score (nSPS) is 30.3. The van der Waals surface area contributed by atoms with Crippen LogP contribution in [0.2, 0.25) is 0 Å². The van der Waals surface area contributed by atoms with E-state index < -0.39 is 0 Å². The van der Waals surface area contributed by atoms with Crippen molar-refractivity contribution in [2.75, 3.05) is 70.5 Å². The smallest absolute Gasteiger partial charge is 0.191 e. The van der Waals surface area contributed by atoms with E-state index in [4.69, 9.17) is 9.73 Å². The van der Waals surface area contributed by atoms with Crippen molar-refractivity contribution in [2.45, 2.75) is 44.7 Å². The number of nitrogens with zero attached hydrogens (tertiary/aromatic N) is 3. The van der Waals surface area contributed by atoms with Crippen LogP contribution in [0.3, 0.4) is 0 Å². The van der Waals surface area contributed by atoms with Crippen molar-refractivity contribution in [1.29, 1.82) is 0 Å². The highest BCUT2D eigenvalue weighted by molar-refractivity contribution is 14.0. The molecule has 27 heavy (non-hydrogen) atoms. The summed E-state index contributed by atoms with van der Waals surface area (Å²) < 4.78 is 5.57. The second kappa shape index (κ2) is 12.0. The van der Waals surface area contributed by atoms with Crippen LogP contribution in [0.4, 0.5) is 0 Å². The number of rotatable bonds is 7. The molecule has 0 saturated carbocycles. The first-order valence-corrected chi connectivity index (χ1v) is 11.6. The van der Waals surface area contributed by atoms with Crippen LogP contribution in [0, 0.1) is 0 Å². The van der Waals surface area contributed by atoms with Gasteiger partial charge >= 0.3 is 0 Å². The number of thioether (sulfide) groups is 1. The van der Waals surface area contributed by atoms with Crippen LogP contribution < -0.4 is 10.6 Å². The Bertz CT molecular complexity index is 455. The zero-order valence-electron chi connectivity index (χ0n) is 17.0. The number of aliphatic imine (C=N–C) groups is 1. The summed E-state index contributed by atoms with van der Waals surface area (Å²) in [5.74, 6) is 3.44. The lowest BCUT2D eigenvalue weighted by molar-refractivity contribution is -0.0104. The number of hydrogen-bond donors (Lipinski definition) is 2. The van der Waals surface area contributed by atoms with Gasteiger partial charge in [0.05, 0.1) is 25.3 Å². The Morgan fingerprint density at radius 3 is 2.70 bits per heavy atom. The molecule has 3 rings (SSSR count). The third-order valence-electron chi connectivity index (χ3n) is 6.05. The van der Waals surface area contributed by atoms with Crippen LogP contribution in [0.25, 0.3) is 0 Å². The van der Waals surface area contributed by atoms with E-state index in [0.29, 0.717) is 6.04 Å². The largest absolute Gasteiger partial charge is 0.379 e. The van der Waals surface area contributed by atoms with E-state index in [0.717, 1.165) is 58.4 Å². The predicted octanol–water partition coefficient (Wildman–Crippen LogP) is 1.85. The summed E-state index contributed by atoms with van der Waals surface area (Å²) in [6, 6.07) is 0.652. The molecule has 0 spiro atoms. The first-order chi connectivity index (χ1) is 12.8. The van der Waals surface area contributed by atoms with Crippen molar-refractivity contribution >= 4 is 41.7 Å². The fourth-order valence-electron chi connectivity index (χ4n) is 4.43. The molecule has 0 aromatic rings. The summed E-state index contributed by atoms with van der Waals surface area (Å²) in [4.78, 5) is 10.3. The third-order valence-corrected chi connectivity index (χ3v) is 7.28. The van der Waals surface area contributed by atoms with Crippen molar-refractivity contribution in [3.05, 3.63) is 0 Å². The van der Waals surface area contributed by atoms with Gasteiger partial charge in [0.1, 0.15) is 0 Å². The van der Waals surface area contributed by atoms with E-state index >= 15 is 0 Å². The fourth-order valence-corrected chi connectivity index (χ4v) is 5.90. The van der Waals surface area contributed by atoms with Crippen molar-refractivity contribution in [3.63, 3.8) is 0 Å². The van der Waals surface area contributed by atoms with E-state index in [1.807, 2.05) is 0 Å². The van der Waals surface area contributed by atoms with Gasteiger partial charge < -0.3 is 15.4 Å². The highest BCUT2D eigenvalue weighted by Gasteiger charge is 2.40. The maximum atomic E-state index is 5.57. The van der Waals surface area contributed by atoms with E-state index in [9.17, 15) is 0 Å². The summed E-state index contributed by atoms with van der Waals surface area (Å²) in [6.45, 7) is 13.4. The van der Waals surface area contributed by atoms with Gasteiger partial charge in [0.25, 0.3) is 0 Å². The number of likely N-dealkylation sites (tertiary alicyclic amines) is 1. The fraction of sp³-hybridized carbons (Fsp3) is 0.947. The molecule has 3 saturated heterocycles. The molecule has 0 bridgehead atoms. The van der Waals surface area contributed by atoms with Crippen molar-refractivity contribution in [2.24, 2.45) is 4.99 Å². The van der Waals surface area contributed by atoms with Crippen LogP contribution in [0.5, 0.6) is 0 Å². The van der Waals surface area contributed by atoms with Gasteiger partial charge in [0, 0.05) is 38.0 Å². The molecule has 3 fully saturated rings. The summed E-state index contributed by atoms with van der Waals surface area (Å²) in [5, 5.41) is 7.07. The van der Waals surface area contributed by atoms with Crippen molar-refractivity contribution in [3.8, 4) is 0 Å². The van der Waals surface area contributed by atoms with Crippen LogP contribution >= 0.6 is 35.7 Å². The minimum Gasteiger partial charge on any atom is -0.379 e. The Labute approximate surface area is 186 Å². The first-order valence-electron chi connectivity index (χ1n) is 10.4. The average Bonchev–Trinajstić information content (AvgIpc) is 3.34. The van der Waals surface area contributed by atoms with Crippen LogP contribution in [0.1, 0.15) is 33.1 Å². The first kappa shape index (κ1) is 23.5. The molecule has 8 heteroatoms. The summed E-state index contributed by atoms with van der Waals surface area (Å²) >= 11 is 2.08. The highest BCUT2D eigenvalue weighted by atomic mass is 127. The van der Waals surface area contributed by atoms with Gasteiger partial charge in [-0.05, 0) is 45.0 Å². The molecule has 3 heterocycles. The molecule has 158 valence electrons. The van der Waals surface area contributed by atoms with Crippen molar-refractivity contribution in [1.82, 2.24) is 20.4 Å². The van der Waals surface area contributed by atoms with Gasteiger partial charge in [-0.2, -0.15) is 11.8 Å². The zero-order chi connectivity index (χ0) is 18.2. The van der Waals surface area contributed by atoms with Gasteiger partial charge in [-0.1, -0.05) is 6.92 Å². The maximum Gasteiger partial charge on any atom is 0.191 e. The molecule has 3 aliphatic rings. The number of hydrogen-bond acceptors (Lipinski definition) is 5. The number of nitrogens with one attached hydrogen (secondary N) is 2. The molecule has 0 aromatic carbocycles. The summed E-state index contributed by atoms with van der Waals surface area (Å²) in [6.07, 6.45) is 3.87. The molecular formula is C19H38IN5OS. The summed E-state index contributed by atoms with van der Waals surface area (Å²) in [5.41, 5.74) is 0.222. The number of guanidine groups is 1. The van der Waals surface area contributed by atoms with Crippen LogP contribution in [-0.2, 0) is 4.74 Å². The standard InChI is InChI=1S/C19H37N5OS.HI/c1-3-20-18(21-14-17-6-5-8-23(17)4-2)22-15-19(7-13-26-16-19)24-9-11-25-12-10-24;/h17H,3-16H2,1-2H3,(H2,20,21,22);1H. The van der Waals surface area contributed by atoms with Gasteiger partial charge in [-0.15, -0.1) is 24.0 Å². The number of morpholine rings is 1. The second-order valence-electron chi connectivity index (χ2n) is 7.63. The molecule has 3 aliphatic heterocycles. The number of ether oxygens (including phenoxy) is 1. The van der Waals surface area contributed by atoms with Crippen LogP contribution in [0.15, 0.2) is 4.99 Å². The van der Waals surface area contributed by atoms with Gasteiger partial charge in [0.15, 0.2) is 5.96 Å². The lowest BCUT2D eigenvalue weighted by Gasteiger charge is -2.42. The Hall–Kier alpha value is 0.230. The minimum absolute atomic E-state index is 0. The Morgan fingerprint density at radius 2 is 2.04 bits per heavy atom. The van der Waals surface area contributed by atoms with E-state index in [-0.39, 0.29) is 29.5 Å². The topological polar surface area (TPSA) is 52.1 Å². The molecule has 0 radical (unpaired) electrons. The molecule has 0 amide bonds. The minimum atomic E-state index is 0. The second-order valence-corrected chi connectivity index (χ2v) is 8.73. The molecule has 0 aromatic heterocycles. The van der Waals surface area contributed by atoms with Crippen molar-refractivity contribution < 1.29 is 4.74 Å². The lowest BCUT2D eigenvalue weighted by Crippen LogP contribution is -2.56. The molecule has 2 N–H and O–H groups in total. The molecular weight excluding hydrogens is 473 g/mol. The van der Waals surface area contributed by atoms with Gasteiger partial charge in [-0.25, -0.2) is 0 Å². The van der Waals surface area contributed by atoms with Gasteiger partial charge in [0.2, 0.25) is 0 Å². The van der Waals surface area contributed by atoms with Crippen LogP contribution in [-0.4, -0.2) is 97.9 Å². The number of likely N-dealkylation sites (N-methyl/N-ethyl adjacent to an activating group) is 1. The number of halogens is 1. The quantitative estimate of drug-likeness (QED) is 0.309. The lowest BCUT2D eigenvalue weighted by atomic mass is 9.96. The molecule has 2 atom stereocenters. The SMILES string of the molecule is CCNC(=NCC1(N2CCOCC2)CCSC1)NCC1CCCN1CC.I. The monoisotopic (exact) mass is 511 g/mol. The predicted molar refractivity (Wildman–Crippen MR) is 127 cm³/mol. The van der Waals surface area contributed by atoms with Gasteiger partial charge in [-0.3, -0.25) is 14.8 Å². The summed E-state index contributed by atoms with van der Waals surface area (Å²) in [7, 11) is 0. The van der Waals surface area contributed by atoms with E-state index in [1.165, 1.54) is 37.3 Å². The molecule has 2 unspecified atom stereocenters. The maximum absolute atomic E-state index is 5.57.